The van der Waals surface area contributed by atoms with E-state index in [0.29, 0.717) is 12.6 Å². The van der Waals surface area contributed by atoms with Gasteiger partial charge in [-0.1, -0.05) is 33.6 Å². The Hall–Kier alpha value is -0.0900. The molecule has 0 aliphatic rings. The van der Waals surface area contributed by atoms with Crippen LogP contribution >= 0.6 is 27.5 Å². The first-order valence-corrected chi connectivity index (χ1v) is 5.97. The number of hydrogen-bond donors (Lipinski definition) is 1. The van der Waals surface area contributed by atoms with Gasteiger partial charge >= 0.3 is 0 Å². The monoisotopic (exact) mass is 291 g/mol. The fourth-order valence-electron chi connectivity index (χ4n) is 1.26. The largest absolute Gasteiger partial charge is 0.383 e. The highest BCUT2D eigenvalue weighted by atomic mass is 79.9. The van der Waals surface area contributed by atoms with Crippen molar-refractivity contribution in [3.63, 3.8) is 0 Å². The van der Waals surface area contributed by atoms with Crippen LogP contribution in [0.5, 0.6) is 0 Å². The summed E-state index contributed by atoms with van der Waals surface area (Å²) in [6.07, 6.45) is 0. The predicted molar refractivity (Wildman–Crippen MR) is 67.3 cm³/mol. The van der Waals surface area contributed by atoms with Crippen LogP contribution in [0.4, 0.5) is 0 Å². The van der Waals surface area contributed by atoms with Crippen LogP contribution in [0, 0.1) is 0 Å². The molecule has 0 aliphatic carbocycles. The van der Waals surface area contributed by atoms with E-state index in [4.69, 9.17) is 16.3 Å². The molecule has 4 heteroatoms. The Labute approximate surface area is 104 Å². The van der Waals surface area contributed by atoms with E-state index < -0.39 is 0 Å². The normalized spacial score (nSPS) is 12.8. The molecule has 0 aromatic heterocycles. The Morgan fingerprint density at radius 2 is 2.27 bits per heavy atom. The van der Waals surface area contributed by atoms with E-state index in [1.165, 1.54) is 5.56 Å². The van der Waals surface area contributed by atoms with Gasteiger partial charge < -0.3 is 10.1 Å². The van der Waals surface area contributed by atoms with Crippen molar-refractivity contribution in [1.82, 2.24) is 5.32 Å². The molecule has 1 aromatic rings. The molecule has 0 saturated carbocycles. The summed E-state index contributed by atoms with van der Waals surface area (Å²) in [7, 11) is 1.70. The molecule has 0 radical (unpaired) electrons. The van der Waals surface area contributed by atoms with Crippen LogP contribution in [0.2, 0.25) is 5.02 Å². The fourth-order valence-corrected chi connectivity index (χ4v) is 2.08. The Kier molecular flexibility index (Phi) is 5.61. The van der Waals surface area contributed by atoms with Crippen LogP contribution in [0.3, 0.4) is 0 Å². The average Bonchev–Trinajstić information content (AvgIpc) is 2.17. The number of halogens is 2. The third kappa shape index (κ3) is 4.51. The van der Waals surface area contributed by atoms with Crippen LogP contribution in [-0.2, 0) is 11.3 Å². The van der Waals surface area contributed by atoms with Gasteiger partial charge in [0.15, 0.2) is 0 Å². The van der Waals surface area contributed by atoms with E-state index in [1.54, 1.807) is 7.11 Å². The van der Waals surface area contributed by atoms with Gasteiger partial charge in [-0.2, -0.15) is 0 Å². The van der Waals surface area contributed by atoms with Gasteiger partial charge in [0.2, 0.25) is 0 Å². The highest BCUT2D eigenvalue weighted by Gasteiger charge is 2.03. The van der Waals surface area contributed by atoms with E-state index >= 15 is 0 Å². The third-order valence-electron chi connectivity index (χ3n) is 2.07. The molecule has 0 unspecified atom stereocenters. The van der Waals surface area contributed by atoms with Crippen molar-refractivity contribution in [2.45, 2.75) is 19.5 Å². The van der Waals surface area contributed by atoms with Crippen molar-refractivity contribution in [3.05, 3.63) is 33.3 Å². The first-order valence-electron chi connectivity index (χ1n) is 4.79. The smallest absolute Gasteiger partial charge is 0.0613 e. The number of methoxy groups -OCH3 is 1. The first kappa shape index (κ1) is 13.0. The molecule has 0 fully saturated rings. The second-order valence-corrected chi connectivity index (χ2v) is 4.76. The van der Waals surface area contributed by atoms with Crippen LogP contribution in [0.1, 0.15) is 12.5 Å². The molecule has 0 aliphatic heterocycles. The van der Waals surface area contributed by atoms with Gasteiger partial charge in [-0.15, -0.1) is 0 Å². The lowest BCUT2D eigenvalue weighted by atomic mass is 10.2. The van der Waals surface area contributed by atoms with Crippen molar-refractivity contribution >= 4 is 27.5 Å². The summed E-state index contributed by atoms with van der Waals surface area (Å²) in [6, 6.07) is 6.15. The molecule has 1 rings (SSSR count). The molecule has 1 atom stereocenters. The number of hydrogen-bond acceptors (Lipinski definition) is 2. The maximum absolute atomic E-state index is 5.86. The second kappa shape index (κ2) is 6.48. The SMILES string of the molecule is COC[C@@H](C)NCc1ccc(Cl)cc1Br. The predicted octanol–water partition coefficient (Wildman–Crippen LogP) is 3.23. The molecule has 2 nitrogen and oxygen atoms in total. The summed E-state index contributed by atoms with van der Waals surface area (Å²) >= 11 is 9.34. The lowest BCUT2D eigenvalue weighted by molar-refractivity contribution is 0.171. The molecule has 1 N–H and O–H groups in total. The maximum atomic E-state index is 5.86. The molecular formula is C11H15BrClNO. The zero-order valence-electron chi connectivity index (χ0n) is 8.89. The van der Waals surface area contributed by atoms with Crippen molar-refractivity contribution in [2.24, 2.45) is 0 Å². The summed E-state index contributed by atoms with van der Waals surface area (Å²) in [4.78, 5) is 0. The number of benzene rings is 1. The van der Waals surface area contributed by atoms with E-state index in [-0.39, 0.29) is 0 Å². The molecule has 0 heterocycles. The van der Waals surface area contributed by atoms with Crippen molar-refractivity contribution in [1.29, 1.82) is 0 Å². The quantitative estimate of drug-likeness (QED) is 0.900. The summed E-state index contributed by atoms with van der Waals surface area (Å²) < 4.78 is 6.08. The summed E-state index contributed by atoms with van der Waals surface area (Å²) in [5.41, 5.74) is 1.20. The van der Waals surface area contributed by atoms with Gasteiger partial charge in [-0.3, -0.25) is 0 Å². The van der Waals surface area contributed by atoms with Crippen LogP contribution < -0.4 is 5.32 Å². The number of nitrogens with one attached hydrogen (secondary N) is 1. The third-order valence-corrected chi connectivity index (χ3v) is 3.05. The molecule has 0 saturated heterocycles. The molecule has 0 amide bonds. The molecule has 0 spiro atoms. The Bertz CT molecular complexity index is 319. The van der Waals surface area contributed by atoms with Crippen molar-refractivity contribution < 1.29 is 4.74 Å². The minimum atomic E-state index is 0.345. The zero-order valence-corrected chi connectivity index (χ0v) is 11.2. The van der Waals surface area contributed by atoms with Crippen LogP contribution in [0.25, 0.3) is 0 Å². The molecule has 1 aromatic carbocycles. The Morgan fingerprint density at radius 3 is 2.87 bits per heavy atom. The number of ether oxygens (including phenoxy) is 1. The van der Waals surface area contributed by atoms with Crippen molar-refractivity contribution in [3.8, 4) is 0 Å². The van der Waals surface area contributed by atoms with Crippen molar-refractivity contribution in [2.75, 3.05) is 13.7 Å². The van der Waals surface area contributed by atoms with Gasteiger partial charge in [-0.05, 0) is 24.6 Å². The molecular weight excluding hydrogens is 277 g/mol. The highest BCUT2D eigenvalue weighted by molar-refractivity contribution is 9.10. The minimum Gasteiger partial charge on any atom is -0.383 e. The van der Waals surface area contributed by atoms with Gasteiger partial charge in [0.1, 0.15) is 0 Å². The lowest BCUT2D eigenvalue weighted by Gasteiger charge is -2.13. The fraction of sp³-hybridized carbons (Fsp3) is 0.455. The molecule has 0 bridgehead atoms. The maximum Gasteiger partial charge on any atom is 0.0613 e. The van der Waals surface area contributed by atoms with E-state index in [1.807, 2.05) is 18.2 Å². The summed E-state index contributed by atoms with van der Waals surface area (Å²) in [5.74, 6) is 0. The zero-order chi connectivity index (χ0) is 11.3. The van der Waals surface area contributed by atoms with Gasteiger partial charge in [-0.25, -0.2) is 0 Å². The van der Waals surface area contributed by atoms with Gasteiger partial charge in [0.05, 0.1) is 6.61 Å². The second-order valence-electron chi connectivity index (χ2n) is 3.47. The van der Waals surface area contributed by atoms with E-state index in [0.717, 1.165) is 16.0 Å². The van der Waals surface area contributed by atoms with E-state index in [2.05, 4.69) is 28.2 Å². The first-order chi connectivity index (χ1) is 7.13. The standard InChI is InChI=1S/C11H15BrClNO/c1-8(7-15-2)14-6-9-3-4-10(13)5-11(9)12/h3-5,8,14H,6-7H2,1-2H3/t8-/m1/s1. The van der Waals surface area contributed by atoms with Crippen LogP contribution in [0.15, 0.2) is 22.7 Å². The topological polar surface area (TPSA) is 21.3 Å². The Balaban J connectivity index is 2.50. The minimum absolute atomic E-state index is 0.345. The van der Waals surface area contributed by atoms with E-state index in [9.17, 15) is 0 Å². The lowest BCUT2D eigenvalue weighted by Crippen LogP contribution is -2.29. The van der Waals surface area contributed by atoms with Gasteiger partial charge in [0.25, 0.3) is 0 Å². The molecule has 15 heavy (non-hydrogen) atoms. The summed E-state index contributed by atoms with van der Waals surface area (Å²) in [6.45, 7) is 3.61. The Morgan fingerprint density at radius 1 is 1.53 bits per heavy atom. The summed E-state index contributed by atoms with van der Waals surface area (Å²) in [5, 5.41) is 4.11. The highest BCUT2D eigenvalue weighted by Crippen LogP contribution is 2.21. The number of rotatable bonds is 5. The average molecular weight is 293 g/mol. The molecule has 84 valence electrons. The van der Waals surface area contributed by atoms with Crippen LogP contribution in [-0.4, -0.2) is 19.8 Å². The van der Waals surface area contributed by atoms with Gasteiger partial charge in [0, 0.05) is 29.2 Å².